The minimum absolute atomic E-state index is 0.280. The van der Waals surface area contributed by atoms with Gasteiger partial charge in [-0.15, -0.1) is 0 Å². The van der Waals surface area contributed by atoms with E-state index in [4.69, 9.17) is 16.3 Å². The second kappa shape index (κ2) is 6.98. The standard InChI is InChI=1S/C15H15ClN2O3S/c1-9(14(20)21-2)18-13(19)12(17-15(18)22-3)8-10-4-6-11(16)7-5-10/h4-9H,1-3H3/b12-8-/t9-/m1/s1. The Morgan fingerprint density at radius 1 is 1.41 bits per heavy atom. The molecule has 1 aliphatic rings. The summed E-state index contributed by atoms with van der Waals surface area (Å²) < 4.78 is 4.70. The van der Waals surface area contributed by atoms with Gasteiger partial charge in [0.1, 0.15) is 11.7 Å². The van der Waals surface area contributed by atoms with Crippen molar-refractivity contribution in [3.8, 4) is 0 Å². The summed E-state index contributed by atoms with van der Waals surface area (Å²) in [4.78, 5) is 29.8. The normalized spacial score (nSPS) is 17.6. The lowest BCUT2D eigenvalue weighted by atomic mass is 10.2. The van der Waals surface area contributed by atoms with E-state index in [0.29, 0.717) is 10.2 Å². The second-order valence-electron chi connectivity index (χ2n) is 4.55. The molecule has 0 fully saturated rings. The average molecular weight is 339 g/mol. The third-order valence-electron chi connectivity index (χ3n) is 3.15. The van der Waals surface area contributed by atoms with Crippen molar-refractivity contribution < 1.29 is 14.3 Å². The number of carbonyl (C=O) groups excluding carboxylic acids is 2. The van der Waals surface area contributed by atoms with Crippen molar-refractivity contribution in [2.24, 2.45) is 4.99 Å². The number of methoxy groups -OCH3 is 1. The Morgan fingerprint density at radius 3 is 2.59 bits per heavy atom. The molecule has 0 aromatic heterocycles. The molecule has 1 aliphatic heterocycles. The summed E-state index contributed by atoms with van der Waals surface area (Å²) in [5, 5.41) is 1.09. The van der Waals surface area contributed by atoms with Crippen molar-refractivity contribution in [3.63, 3.8) is 0 Å². The van der Waals surface area contributed by atoms with Gasteiger partial charge in [0.2, 0.25) is 0 Å². The number of amidine groups is 1. The molecular formula is C15H15ClN2O3S. The zero-order chi connectivity index (χ0) is 16.3. The third-order valence-corrected chi connectivity index (χ3v) is 4.05. The fraction of sp³-hybridized carbons (Fsp3) is 0.267. The van der Waals surface area contributed by atoms with Crippen LogP contribution in [0.25, 0.3) is 6.08 Å². The number of hydrogen-bond acceptors (Lipinski definition) is 5. The lowest BCUT2D eigenvalue weighted by Crippen LogP contribution is -2.43. The predicted molar refractivity (Wildman–Crippen MR) is 88.7 cm³/mol. The van der Waals surface area contributed by atoms with Gasteiger partial charge in [0, 0.05) is 5.02 Å². The zero-order valence-electron chi connectivity index (χ0n) is 12.4. The molecule has 1 amide bonds. The van der Waals surface area contributed by atoms with Crippen molar-refractivity contribution in [1.29, 1.82) is 0 Å². The summed E-state index contributed by atoms with van der Waals surface area (Å²) >= 11 is 7.14. The number of amides is 1. The molecule has 1 atom stereocenters. The van der Waals surface area contributed by atoms with Crippen LogP contribution in [0.3, 0.4) is 0 Å². The summed E-state index contributed by atoms with van der Waals surface area (Å²) in [6, 6.07) is 6.34. The first-order valence-corrected chi connectivity index (χ1v) is 8.09. The zero-order valence-corrected chi connectivity index (χ0v) is 13.9. The van der Waals surface area contributed by atoms with Gasteiger partial charge in [-0.25, -0.2) is 9.79 Å². The number of halogens is 1. The Kier molecular flexibility index (Phi) is 5.26. The van der Waals surface area contributed by atoms with E-state index in [2.05, 4.69) is 4.99 Å². The molecule has 0 saturated heterocycles. The first-order valence-electron chi connectivity index (χ1n) is 6.49. The Morgan fingerprint density at radius 2 is 2.05 bits per heavy atom. The van der Waals surface area contributed by atoms with Crippen LogP contribution in [0, 0.1) is 0 Å². The van der Waals surface area contributed by atoms with Crippen molar-refractivity contribution in [3.05, 3.63) is 40.5 Å². The summed E-state index contributed by atoms with van der Waals surface area (Å²) in [5.41, 5.74) is 1.09. The smallest absolute Gasteiger partial charge is 0.328 e. The molecule has 0 N–H and O–H groups in total. The minimum Gasteiger partial charge on any atom is -0.467 e. The summed E-state index contributed by atoms with van der Waals surface area (Å²) in [6.45, 7) is 1.61. The van der Waals surface area contributed by atoms with Gasteiger partial charge in [0.25, 0.3) is 5.91 Å². The number of ether oxygens (including phenoxy) is 1. The van der Waals surface area contributed by atoms with Crippen molar-refractivity contribution in [1.82, 2.24) is 4.90 Å². The molecule has 116 valence electrons. The monoisotopic (exact) mass is 338 g/mol. The molecule has 0 aliphatic carbocycles. The van der Waals surface area contributed by atoms with Crippen molar-refractivity contribution in [2.45, 2.75) is 13.0 Å². The van der Waals surface area contributed by atoms with E-state index in [0.717, 1.165) is 5.56 Å². The SMILES string of the molecule is COC(=O)[C@@H](C)N1C(=O)/C(=C/c2ccc(Cl)cc2)N=C1SC. The first-order chi connectivity index (χ1) is 10.5. The molecule has 5 nitrogen and oxygen atoms in total. The fourth-order valence-electron chi connectivity index (χ4n) is 1.99. The predicted octanol–water partition coefficient (Wildman–Crippen LogP) is 2.80. The highest BCUT2D eigenvalue weighted by Gasteiger charge is 2.37. The summed E-state index contributed by atoms with van der Waals surface area (Å²) in [7, 11) is 1.29. The molecule has 0 bridgehead atoms. The topological polar surface area (TPSA) is 59.0 Å². The number of hydrogen-bond donors (Lipinski definition) is 0. The highest BCUT2D eigenvalue weighted by molar-refractivity contribution is 8.13. The molecule has 0 radical (unpaired) electrons. The van der Waals surface area contributed by atoms with Gasteiger partial charge in [-0.05, 0) is 37.0 Å². The molecule has 2 rings (SSSR count). The van der Waals surface area contributed by atoms with E-state index in [1.807, 2.05) is 0 Å². The van der Waals surface area contributed by atoms with Crippen LogP contribution < -0.4 is 0 Å². The maximum absolute atomic E-state index is 12.5. The van der Waals surface area contributed by atoms with Crippen LogP contribution in [-0.4, -0.2) is 41.4 Å². The van der Waals surface area contributed by atoms with Gasteiger partial charge >= 0.3 is 5.97 Å². The molecular weight excluding hydrogens is 324 g/mol. The number of benzene rings is 1. The summed E-state index contributed by atoms with van der Waals surface area (Å²) in [5.74, 6) is -0.806. The van der Waals surface area contributed by atoms with Gasteiger partial charge < -0.3 is 4.74 Å². The Balaban J connectivity index is 2.32. The van der Waals surface area contributed by atoms with Gasteiger partial charge in [0.15, 0.2) is 5.17 Å². The number of aliphatic imine (C=N–C) groups is 1. The van der Waals surface area contributed by atoms with Crippen LogP contribution in [0.1, 0.15) is 12.5 Å². The molecule has 1 aromatic carbocycles. The van der Waals surface area contributed by atoms with Crippen molar-refractivity contribution in [2.75, 3.05) is 13.4 Å². The van der Waals surface area contributed by atoms with E-state index in [9.17, 15) is 9.59 Å². The minimum atomic E-state index is -0.722. The van der Waals surface area contributed by atoms with Crippen LogP contribution in [-0.2, 0) is 14.3 Å². The average Bonchev–Trinajstić information content (AvgIpc) is 2.84. The van der Waals surface area contributed by atoms with E-state index in [1.54, 1.807) is 43.5 Å². The quantitative estimate of drug-likeness (QED) is 0.628. The third kappa shape index (κ3) is 3.34. The maximum Gasteiger partial charge on any atom is 0.328 e. The highest BCUT2D eigenvalue weighted by Crippen LogP contribution is 2.25. The molecule has 1 aromatic rings. The first kappa shape index (κ1) is 16.6. The van der Waals surface area contributed by atoms with Gasteiger partial charge in [-0.3, -0.25) is 9.69 Å². The number of rotatable bonds is 3. The van der Waals surface area contributed by atoms with Gasteiger partial charge in [-0.2, -0.15) is 0 Å². The van der Waals surface area contributed by atoms with E-state index >= 15 is 0 Å². The molecule has 1 heterocycles. The van der Waals surface area contributed by atoms with Crippen LogP contribution >= 0.6 is 23.4 Å². The van der Waals surface area contributed by atoms with E-state index in [-0.39, 0.29) is 11.6 Å². The summed E-state index contributed by atoms with van der Waals surface area (Å²) in [6.07, 6.45) is 3.47. The molecule has 0 unspecified atom stereocenters. The molecule has 22 heavy (non-hydrogen) atoms. The Bertz CT molecular complexity index is 655. The van der Waals surface area contributed by atoms with Crippen LogP contribution in [0.5, 0.6) is 0 Å². The lowest BCUT2D eigenvalue weighted by Gasteiger charge is -2.22. The van der Waals surface area contributed by atoms with Crippen LogP contribution in [0.4, 0.5) is 0 Å². The van der Waals surface area contributed by atoms with Gasteiger partial charge in [0.05, 0.1) is 7.11 Å². The fourth-order valence-corrected chi connectivity index (χ4v) is 2.74. The largest absolute Gasteiger partial charge is 0.467 e. The lowest BCUT2D eigenvalue weighted by molar-refractivity contribution is -0.147. The van der Waals surface area contributed by atoms with E-state index in [1.165, 1.54) is 23.8 Å². The van der Waals surface area contributed by atoms with E-state index < -0.39 is 12.0 Å². The number of nitrogens with zero attached hydrogens (tertiary/aromatic N) is 2. The molecule has 7 heteroatoms. The van der Waals surface area contributed by atoms with Crippen LogP contribution in [0.15, 0.2) is 35.0 Å². The Labute approximate surface area is 138 Å². The molecule has 0 spiro atoms. The Hall–Kier alpha value is -1.79. The van der Waals surface area contributed by atoms with Gasteiger partial charge in [-0.1, -0.05) is 35.5 Å². The van der Waals surface area contributed by atoms with Crippen LogP contribution in [0.2, 0.25) is 5.02 Å². The number of esters is 1. The number of carbonyl (C=O) groups is 2. The molecule has 0 saturated carbocycles. The highest BCUT2D eigenvalue weighted by atomic mass is 35.5. The second-order valence-corrected chi connectivity index (χ2v) is 5.76. The maximum atomic E-state index is 12.5. The number of thioether (sulfide) groups is 1. The van der Waals surface area contributed by atoms with Crippen molar-refractivity contribution >= 4 is 46.5 Å².